The first kappa shape index (κ1) is 13.7. The molecule has 1 aliphatic rings. The molecule has 2 aromatic rings. The van der Waals surface area contributed by atoms with E-state index in [0.717, 1.165) is 30.5 Å². The number of carbonyl (C=O) groups is 1. The van der Waals surface area contributed by atoms with Gasteiger partial charge in [0.15, 0.2) is 0 Å². The van der Waals surface area contributed by atoms with Crippen LogP contribution in [0.1, 0.15) is 23.1 Å². The maximum absolute atomic E-state index is 12.3. The van der Waals surface area contributed by atoms with Gasteiger partial charge < -0.3 is 11.1 Å². The molecule has 0 spiro atoms. The highest BCUT2D eigenvalue weighted by atomic mass is 16.1. The molecule has 0 aliphatic heterocycles. The summed E-state index contributed by atoms with van der Waals surface area (Å²) in [5.74, 6) is 0.230. The van der Waals surface area contributed by atoms with Crippen molar-refractivity contribution < 1.29 is 4.79 Å². The lowest BCUT2D eigenvalue weighted by atomic mass is 9.83. The quantitative estimate of drug-likeness (QED) is 0.849. The van der Waals surface area contributed by atoms with Crippen LogP contribution < -0.4 is 11.1 Å². The van der Waals surface area contributed by atoms with E-state index in [1.54, 1.807) is 0 Å². The van der Waals surface area contributed by atoms with Crippen molar-refractivity contribution in [2.75, 3.05) is 5.73 Å². The highest BCUT2D eigenvalue weighted by Crippen LogP contribution is 2.25. The molecule has 0 fully saturated rings. The molecular weight excluding hydrogens is 260 g/mol. The van der Waals surface area contributed by atoms with Crippen molar-refractivity contribution in [2.45, 2.75) is 25.8 Å². The highest BCUT2D eigenvalue weighted by Gasteiger charge is 2.23. The zero-order chi connectivity index (χ0) is 14.7. The molecule has 108 valence electrons. The third-order valence-electron chi connectivity index (χ3n) is 4.14. The predicted octanol–water partition coefficient (Wildman–Crippen LogP) is 2.69. The van der Waals surface area contributed by atoms with Crippen LogP contribution in [0, 0.1) is 5.92 Å². The number of rotatable bonds is 3. The van der Waals surface area contributed by atoms with Crippen LogP contribution in [-0.4, -0.2) is 5.91 Å². The number of fused-ring (bicyclic) bond motifs is 1. The summed E-state index contributed by atoms with van der Waals surface area (Å²) in [6.07, 6.45) is 2.77. The molecular formula is C18H20N2O. The molecule has 0 saturated carbocycles. The number of anilines is 1. The number of nitrogens with one attached hydrogen (secondary N) is 1. The molecule has 0 bridgehead atoms. The first-order valence-corrected chi connectivity index (χ1v) is 7.41. The monoisotopic (exact) mass is 280 g/mol. The van der Waals surface area contributed by atoms with Gasteiger partial charge in [-0.25, -0.2) is 0 Å². The van der Waals surface area contributed by atoms with E-state index in [1.807, 2.05) is 30.3 Å². The minimum Gasteiger partial charge on any atom is -0.399 e. The van der Waals surface area contributed by atoms with E-state index in [1.165, 1.54) is 11.1 Å². The van der Waals surface area contributed by atoms with E-state index in [4.69, 9.17) is 5.73 Å². The minimum absolute atomic E-state index is 0.0842. The Kier molecular flexibility index (Phi) is 3.91. The van der Waals surface area contributed by atoms with Gasteiger partial charge in [-0.1, -0.05) is 36.4 Å². The van der Waals surface area contributed by atoms with E-state index in [-0.39, 0.29) is 11.8 Å². The molecule has 1 unspecified atom stereocenters. The Morgan fingerprint density at radius 3 is 2.76 bits per heavy atom. The summed E-state index contributed by atoms with van der Waals surface area (Å²) < 4.78 is 0. The fourth-order valence-electron chi connectivity index (χ4n) is 2.96. The van der Waals surface area contributed by atoms with Crippen molar-refractivity contribution in [3.05, 3.63) is 65.2 Å². The number of nitrogen functional groups attached to an aromatic ring is 1. The molecule has 3 rings (SSSR count). The van der Waals surface area contributed by atoms with Crippen LogP contribution in [0.2, 0.25) is 0 Å². The molecule has 0 aromatic heterocycles. The van der Waals surface area contributed by atoms with Crippen molar-refractivity contribution in [3.8, 4) is 0 Å². The summed E-state index contributed by atoms with van der Waals surface area (Å²) in [5.41, 5.74) is 10.2. The number of hydrogen-bond donors (Lipinski definition) is 2. The fraction of sp³-hybridized carbons (Fsp3) is 0.278. The average Bonchev–Trinajstić information content (AvgIpc) is 2.52. The summed E-state index contributed by atoms with van der Waals surface area (Å²) in [6.45, 7) is 0.544. The second-order valence-corrected chi connectivity index (χ2v) is 5.67. The zero-order valence-electron chi connectivity index (χ0n) is 12.0. The Morgan fingerprint density at radius 2 is 1.95 bits per heavy atom. The van der Waals surface area contributed by atoms with Gasteiger partial charge in [0.2, 0.25) is 5.91 Å². The molecule has 1 atom stereocenters. The normalized spacial score (nSPS) is 17.0. The average molecular weight is 280 g/mol. The Hall–Kier alpha value is -2.29. The van der Waals surface area contributed by atoms with E-state index >= 15 is 0 Å². The topological polar surface area (TPSA) is 55.1 Å². The van der Waals surface area contributed by atoms with E-state index in [0.29, 0.717) is 6.54 Å². The standard InChI is InChI=1S/C18H20N2O/c19-17-7-3-4-13(10-17)12-20-18(21)16-9-8-14-5-1-2-6-15(14)11-16/h1-7,10,16H,8-9,11-12,19H2,(H,20,21). The van der Waals surface area contributed by atoms with Crippen LogP contribution >= 0.6 is 0 Å². The van der Waals surface area contributed by atoms with Gasteiger partial charge in [0.25, 0.3) is 0 Å². The predicted molar refractivity (Wildman–Crippen MR) is 84.7 cm³/mol. The van der Waals surface area contributed by atoms with E-state index in [9.17, 15) is 4.79 Å². The largest absolute Gasteiger partial charge is 0.399 e. The van der Waals surface area contributed by atoms with Crippen LogP contribution in [-0.2, 0) is 24.2 Å². The van der Waals surface area contributed by atoms with Gasteiger partial charge in [-0.15, -0.1) is 0 Å². The number of benzene rings is 2. The summed E-state index contributed by atoms with van der Waals surface area (Å²) in [4.78, 5) is 12.3. The maximum Gasteiger partial charge on any atom is 0.223 e. The summed E-state index contributed by atoms with van der Waals surface area (Å²) in [7, 11) is 0. The van der Waals surface area contributed by atoms with Gasteiger partial charge in [-0.05, 0) is 48.1 Å². The fourth-order valence-corrected chi connectivity index (χ4v) is 2.96. The maximum atomic E-state index is 12.3. The van der Waals surface area contributed by atoms with Crippen LogP contribution in [0.3, 0.4) is 0 Å². The van der Waals surface area contributed by atoms with Gasteiger partial charge in [0, 0.05) is 18.2 Å². The smallest absolute Gasteiger partial charge is 0.223 e. The Bertz CT molecular complexity index is 651. The molecule has 1 aliphatic carbocycles. The van der Waals surface area contributed by atoms with Gasteiger partial charge in [-0.2, -0.15) is 0 Å². The highest BCUT2D eigenvalue weighted by molar-refractivity contribution is 5.79. The van der Waals surface area contributed by atoms with Gasteiger partial charge in [0.1, 0.15) is 0 Å². The van der Waals surface area contributed by atoms with Crippen molar-refractivity contribution in [3.63, 3.8) is 0 Å². The number of hydrogen-bond acceptors (Lipinski definition) is 2. The van der Waals surface area contributed by atoms with Gasteiger partial charge in [-0.3, -0.25) is 4.79 Å². The lowest BCUT2D eigenvalue weighted by molar-refractivity contribution is -0.125. The lowest BCUT2D eigenvalue weighted by Crippen LogP contribution is -2.33. The van der Waals surface area contributed by atoms with Crippen LogP contribution in [0.4, 0.5) is 5.69 Å². The number of carbonyl (C=O) groups excluding carboxylic acids is 1. The van der Waals surface area contributed by atoms with Gasteiger partial charge >= 0.3 is 0 Å². The summed E-state index contributed by atoms with van der Waals surface area (Å²) in [5, 5.41) is 3.03. The zero-order valence-corrected chi connectivity index (χ0v) is 12.0. The SMILES string of the molecule is Nc1cccc(CNC(=O)C2CCc3ccccc3C2)c1. The second-order valence-electron chi connectivity index (χ2n) is 5.67. The molecule has 2 aromatic carbocycles. The Balaban J connectivity index is 1.59. The third kappa shape index (κ3) is 3.24. The third-order valence-corrected chi connectivity index (χ3v) is 4.14. The molecule has 0 heterocycles. The van der Waals surface area contributed by atoms with Crippen molar-refractivity contribution in [2.24, 2.45) is 5.92 Å². The Morgan fingerprint density at radius 1 is 1.14 bits per heavy atom. The molecule has 3 nitrogen and oxygen atoms in total. The molecule has 3 heteroatoms. The van der Waals surface area contributed by atoms with Crippen molar-refractivity contribution in [1.29, 1.82) is 0 Å². The first-order chi connectivity index (χ1) is 10.2. The van der Waals surface area contributed by atoms with Gasteiger partial charge in [0.05, 0.1) is 0 Å². The number of aryl methyl sites for hydroxylation is 1. The molecule has 0 saturated heterocycles. The molecule has 1 amide bonds. The van der Waals surface area contributed by atoms with Crippen molar-refractivity contribution >= 4 is 11.6 Å². The lowest BCUT2D eigenvalue weighted by Gasteiger charge is -2.23. The molecule has 3 N–H and O–H groups in total. The van der Waals surface area contributed by atoms with E-state index < -0.39 is 0 Å². The van der Waals surface area contributed by atoms with E-state index in [2.05, 4.69) is 23.5 Å². The van der Waals surface area contributed by atoms with Crippen molar-refractivity contribution in [1.82, 2.24) is 5.32 Å². The van der Waals surface area contributed by atoms with Crippen LogP contribution in [0.25, 0.3) is 0 Å². The minimum atomic E-state index is 0.0842. The number of nitrogens with two attached hydrogens (primary N) is 1. The first-order valence-electron chi connectivity index (χ1n) is 7.41. The molecule has 0 radical (unpaired) electrons. The van der Waals surface area contributed by atoms with Crippen LogP contribution in [0.5, 0.6) is 0 Å². The van der Waals surface area contributed by atoms with Crippen LogP contribution in [0.15, 0.2) is 48.5 Å². The Labute approximate surface area is 125 Å². The second kappa shape index (κ2) is 6.00. The summed E-state index contributed by atoms with van der Waals surface area (Å²) >= 11 is 0. The number of amides is 1. The summed E-state index contributed by atoms with van der Waals surface area (Å²) in [6, 6.07) is 16.0. The molecule has 21 heavy (non-hydrogen) atoms.